The molecule has 2 N–H and O–H groups in total. The molecule has 2 atom stereocenters. The van der Waals surface area contributed by atoms with Gasteiger partial charge in [0.25, 0.3) is 0 Å². The van der Waals surface area contributed by atoms with Crippen LogP contribution in [0.5, 0.6) is 0 Å². The van der Waals surface area contributed by atoms with E-state index in [1.807, 2.05) is 0 Å². The summed E-state index contributed by atoms with van der Waals surface area (Å²) in [6.45, 7) is 7.72. The van der Waals surface area contributed by atoms with Crippen molar-refractivity contribution < 1.29 is 19.7 Å². The Labute approximate surface area is 90.8 Å². The normalized spacial score (nSPS) is 14.5. The first-order valence-electron chi connectivity index (χ1n) is 4.94. The predicted octanol–water partition coefficient (Wildman–Crippen LogP) is 0.503. The third-order valence-electron chi connectivity index (χ3n) is 1.70. The van der Waals surface area contributed by atoms with Gasteiger partial charge in [0.05, 0.1) is 32.5 Å². The minimum Gasteiger partial charge on any atom is -0.394 e. The minimum absolute atomic E-state index is 0.0771. The standard InChI is InChI=1S/C11H20O4/c1-3-5-11(7-12)15-9-10(13)8-14-6-4-2/h3-4,10-13H,1-2,5-9H2. The molecule has 2 unspecified atom stereocenters. The van der Waals surface area contributed by atoms with Crippen molar-refractivity contribution in [2.45, 2.75) is 18.6 Å². The Morgan fingerprint density at radius 3 is 2.47 bits per heavy atom. The summed E-state index contributed by atoms with van der Waals surface area (Å²) in [7, 11) is 0. The van der Waals surface area contributed by atoms with Gasteiger partial charge in [-0.1, -0.05) is 12.2 Å². The Balaban J connectivity index is 3.53. The molecular formula is C11H20O4. The second-order valence-electron chi connectivity index (χ2n) is 3.14. The molecule has 4 nitrogen and oxygen atoms in total. The monoisotopic (exact) mass is 216 g/mol. The van der Waals surface area contributed by atoms with Crippen molar-refractivity contribution >= 4 is 0 Å². The van der Waals surface area contributed by atoms with Gasteiger partial charge < -0.3 is 19.7 Å². The molecule has 0 aliphatic carbocycles. The Hall–Kier alpha value is -0.680. The largest absolute Gasteiger partial charge is 0.394 e. The third kappa shape index (κ3) is 8.32. The zero-order chi connectivity index (χ0) is 11.5. The van der Waals surface area contributed by atoms with Gasteiger partial charge in [0.15, 0.2) is 0 Å². The molecule has 0 bridgehead atoms. The molecule has 0 aliphatic rings. The smallest absolute Gasteiger partial charge is 0.101 e. The van der Waals surface area contributed by atoms with Gasteiger partial charge in [0, 0.05) is 0 Å². The van der Waals surface area contributed by atoms with E-state index in [4.69, 9.17) is 14.6 Å². The summed E-state index contributed by atoms with van der Waals surface area (Å²) in [5.74, 6) is 0. The molecule has 0 heterocycles. The van der Waals surface area contributed by atoms with Crippen molar-refractivity contribution in [3.63, 3.8) is 0 Å². The highest BCUT2D eigenvalue weighted by Crippen LogP contribution is 2.00. The molecule has 0 rings (SSSR count). The van der Waals surface area contributed by atoms with Crippen LogP contribution in [-0.4, -0.2) is 48.8 Å². The van der Waals surface area contributed by atoms with E-state index < -0.39 is 6.10 Å². The van der Waals surface area contributed by atoms with Crippen LogP contribution in [-0.2, 0) is 9.47 Å². The lowest BCUT2D eigenvalue weighted by molar-refractivity contribution is -0.0535. The maximum Gasteiger partial charge on any atom is 0.101 e. The van der Waals surface area contributed by atoms with E-state index >= 15 is 0 Å². The van der Waals surface area contributed by atoms with E-state index in [9.17, 15) is 5.11 Å². The Bertz CT molecular complexity index is 170. The van der Waals surface area contributed by atoms with Crippen LogP contribution in [0.15, 0.2) is 25.3 Å². The maximum atomic E-state index is 9.40. The molecule has 0 radical (unpaired) electrons. The van der Waals surface area contributed by atoms with Crippen LogP contribution in [0.25, 0.3) is 0 Å². The molecule has 0 spiro atoms. The zero-order valence-corrected chi connectivity index (χ0v) is 8.97. The molecule has 88 valence electrons. The molecular weight excluding hydrogens is 196 g/mol. The van der Waals surface area contributed by atoms with Crippen LogP contribution in [0.1, 0.15) is 6.42 Å². The molecule has 0 saturated heterocycles. The lowest BCUT2D eigenvalue weighted by atomic mass is 10.2. The summed E-state index contributed by atoms with van der Waals surface area (Å²) in [5, 5.41) is 18.3. The lowest BCUT2D eigenvalue weighted by Gasteiger charge is -2.16. The highest BCUT2D eigenvalue weighted by atomic mass is 16.5. The number of hydrogen-bond donors (Lipinski definition) is 2. The first-order chi connectivity index (χ1) is 7.24. The van der Waals surface area contributed by atoms with E-state index in [2.05, 4.69) is 13.2 Å². The predicted molar refractivity (Wildman–Crippen MR) is 58.7 cm³/mol. The first-order valence-corrected chi connectivity index (χ1v) is 4.94. The summed E-state index contributed by atoms with van der Waals surface area (Å²) >= 11 is 0. The highest BCUT2D eigenvalue weighted by molar-refractivity contribution is 4.73. The average molecular weight is 216 g/mol. The van der Waals surface area contributed by atoms with Gasteiger partial charge in [-0.2, -0.15) is 0 Å². The molecule has 0 amide bonds. The van der Waals surface area contributed by atoms with Crippen LogP contribution in [0.4, 0.5) is 0 Å². The van der Waals surface area contributed by atoms with Crippen molar-refractivity contribution in [3.8, 4) is 0 Å². The molecule has 0 saturated carbocycles. The second kappa shape index (κ2) is 9.86. The number of hydrogen-bond acceptors (Lipinski definition) is 4. The summed E-state index contributed by atoms with van der Waals surface area (Å²) in [6.07, 6.45) is 2.88. The maximum absolute atomic E-state index is 9.40. The Kier molecular flexibility index (Phi) is 9.41. The molecule has 15 heavy (non-hydrogen) atoms. The van der Waals surface area contributed by atoms with Gasteiger partial charge in [0.2, 0.25) is 0 Å². The van der Waals surface area contributed by atoms with Crippen LogP contribution < -0.4 is 0 Å². The van der Waals surface area contributed by atoms with Gasteiger partial charge in [-0.05, 0) is 6.42 Å². The van der Waals surface area contributed by atoms with E-state index in [-0.39, 0.29) is 25.9 Å². The molecule has 0 aromatic rings. The number of rotatable bonds is 10. The topological polar surface area (TPSA) is 58.9 Å². The van der Waals surface area contributed by atoms with Gasteiger partial charge in [-0.25, -0.2) is 0 Å². The van der Waals surface area contributed by atoms with Crippen LogP contribution in [0.2, 0.25) is 0 Å². The second-order valence-corrected chi connectivity index (χ2v) is 3.14. The van der Waals surface area contributed by atoms with E-state index in [1.54, 1.807) is 12.2 Å². The van der Waals surface area contributed by atoms with E-state index in [0.29, 0.717) is 13.0 Å². The molecule has 0 fully saturated rings. The molecule has 0 aromatic carbocycles. The SMILES string of the molecule is C=CCOCC(O)COC(CO)CC=C. The lowest BCUT2D eigenvalue weighted by Crippen LogP contribution is -2.27. The van der Waals surface area contributed by atoms with E-state index in [0.717, 1.165) is 0 Å². The van der Waals surface area contributed by atoms with Crippen LogP contribution in [0, 0.1) is 0 Å². The number of ether oxygens (including phenoxy) is 2. The van der Waals surface area contributed by atoms with Crippen molar-refractivity contribution in [1.29, 1.82) is 0 Å². The average Bonchev–Trinajstić information content (AvgIpc) is 2.24. The quantitative estimate of drug-likeness (QED) is 0.412. The molecule has 0 aliphatic heterocycles. The molecule has 0 aromatic heterocycles. The fourth-order valence-corrected chi connectivity index (χ4v) is 0.964. The van der Waals surface area contributed by atoms with Crippen LogP contribution >= 0.6 is 0 Å². The third-order valence-corrected chi connectivity index (χ3v) is 1.70. The van der Waals surface area contributed by atoms with Crippen molar-refractivity contribution in [2.75, 3.05) is 26.4 Å². The zero-order valence-electron chi connectivity index (χ0n) is 8.97. The van der Waals surface area contributed by atoms with E-state index in [1.165, 1.54) is 0 Å². The van der Waals surface area contributed by atoms with Gasteiger partial charge in [0.1, 0.15) is 6.10 Å². The minimum atomic E-state index is -0.677. The molecule has 4 heteroatoms. The van der Waals surface area contributed by atoms with Crippen molar-refractivity contribution in [3.05, 3.63) is 25.3 Å². The van der Waals surface area contributed by atoms with Crippen molar-refractivity contribution in [2.24, 2.45) is 0 Å². The highest BCUT2D eigenvalue weighted by Gasteiger charge is 2.09. The summed E-state index contributed by atoms with van der Waals surface area (Å²) in [4.78, 5) is 0. The first kappa shape index (κ1) is 14.3. The number of aliphatic hydroxyl groups is 2. The van der Waals surface area contributed by atoms with Gasteiger partial charge in [-0.15, -0.1) is 13.2 Å². The Morgan fingerprint density at radius 1 is 1.20 bits per heavy atom. The Morgan fingerprint density at radius 2 is 1.93 bits per heavy atom. The van der Waals surface area contributed by atoms with Gasteiger partial charge >= 0.3 is 0 Å². The fraction of sp³-hybridized carbons (Fsp3) is 0.636. The summed E-state index contributed by atoms with van der Waals surface area (Å²) in [6, 6.07) is 0. The summed E-state index contributed by atoms with van der Waals surface area (Å²) < 4.78 is 10.3. The van der Waals surface area contributed by atoms with Gasteiger partial charge in [-0.3, -0.25) is 0 Å². The fourth-order valence-electron chi connectivity index (χ4n) is 0.964. The number of aliphatic hydroxyl groups excluding tert-OH is 2. The van der Waals surface area contributed by atoms with Crippen molar-refractivity contribution in [1.82, 2.24) is 0 Å². The van der Waals surface area contributed by atoms with Crippen LogP contribution in [0.3, 0.4) is 0 Å². The summed E-state index contributed by atoms with van der Waals surface area (Å²) in [5.41, 5.74) is 0.